The second kappa shape index (κ2) is 5.41. The van der Waals surface area contributed by atoms with E-state index in [0.29, 0.717) is 12.1 Å². The Morgan fingerprint density at radius 3 is 2.42 bits per heavy atom. The molecule has 66 valence electrons. The predicted molar refractivity (Wildman–Crippen MR) is 54.7 cm³/mol. The van der Waals surface area contributed by atoms with E-state index in [0.717, 1.165) is 11.3 Å². The number of nitrogens with zero attached hydrogens (tertiary/aromatic N) is 2. The van der Waals surface area contributed by atoms with Crippen molar-refractivity contribution in [2.24, 2.45) is 9.98 Å². The Hall–Kier alpha value is -1.25. The minimum absolute atomic E-state index is 0.599. The van der Waals surface area contributed by atoms with E-state index in [1.54, 1.807) is 20.2 Å². The first-order valence-electron chi connectivity index (χ1n) is 3.74. The molecule has 0 atom stereocenters. The molecular formula is C9H15N3. The van der Waals surface area contributed by atoms with Gasteiger partial charge in [-0.2, -0.15) is 0 Å². The molecule has 0 spiro atoms. The fourth-order valence-corrected chi connectivity index (χ4v) is 0.810. The highest BCUT2D eigenvalue weighted by atomic mass is 14.7. The maximum atomic E-state index is 7.31. The van der Waals surface area contributed by atoms with Crippen molar-refractivity contribution in [2.45, 2.75) is 20.3 Å². The van der Waals surface area contributed by atoms with Gasteiger partial charge in [0.2, 0.25) is 0 Å². The normalized spacial score (nSPS) is 12.9. The van der Waals surface area contributed by atoms with Crippen molar-refractivity contribution in [3.05, 3.63) is 11.3 Å². The van der Waals surface area contributed by atoms with E-state index in [1.165, 1.54) is 0 Å². The van der Waals surface area contributed by atoms with Crippen LogP contribution in [0, 0.1) is 5.41 Å². The fourth-order valence-electron chi connectivity index (χ4n) is 0.810. The lowest BCUT2D eigenvalue weighted by molar-refractivity contribution is 1.20. The predicted octanol–water partition coefficient (Wildman–Crippen LogP) is 2.09. The van der Waals surface area contributed by atoms with E-state index in [4.69, 9.17) is 5.41 Å². The molecule has 0 amide bonds. The van der Waals surface area contributed by atoms with Crippen molar-refractivity contribution >= 4 is 18.6 Å². The topological polar surface area (TPSA) is 48.6 Å². The molecule has 0 heterocycles. The first-order chi connectivity index (χ1) is 5.61. The molecule has 1 N–H and O–H groups in total. The van der Waals surface area contributed by atoms with Crippen molar-refractivity contribution < 1.29 is 0 Å². The lowest BCUT2D eigenvalue weighted by Crippen LogP contribution is -1.96. The zero-order valence-corrected chi connectivity index (χ0v) is 7.89. The van der Waals surface area contributed by atoms with Crippen LogP contribution in [0.5, 0.6) is 0 Å². The molecule has 3 nitrogen and oxygen atoms in total. The van der Waals surface area contributed by atoms with E-state index in [9.17, 15) is 0 Å². The Morgan fingerprint density at radius 1 is 1.50 bits per heavy atom. The number of nitrogens with one attached hydrogen (secondary N) is 1. The van der Waals surface area contributed by atoms with Crippen LogP contribution in [0.3, 0.4) is 0 Å². The Bertz CT molecular complexity index is 236. The molecule has 0 aromatic heterocycles. The summed E-state index contributed by atoms with van der Waals surface area (Å²) in [5.74, 6) is 0. The van der Waals surface area contributed by atoms with Gasteiger partial charge in [-0.3, -0.25) is 9.98 Å². The smallest absolute Gasteiger partial charge is 0.0416 e. The first-order valence-corrected chi connectivity index (χ1v) is 3.74. The van der Waals surface area contributed by atoms with Crippen molar-refractivity contribution in [3.8, 4) is 0 Å². The maximum absolute atomic E-state index is 7.31. The van der Waals surface area contributed by atoms with Crippen LogP contribution in [0.2, 0.25) is 0 Å². The summed E-state index contributed by atoms with van der Waals surface area (Å²) in [4.78, 5) is 7.69. The largest absolute Gasteiger partial charge is 0.310 e. The van der Waals surface area contributed by atoms with Gasteiger partial charge in [0.15, 0.2) is 0 Å². The van der Waals surface area contributed by atoms with E-state index < -0.39 is 0 Å². The molecule has 0 bridgehead atoms. The van der Waals surface area contributed by atoms with Crippen LogP contribution in [0.15, 0.2) is 21.3 Å². The SMILES string of the molecule is C=N/C(C)=C(\C=NC)CC(C)=N. The summed E-state index contributed by atoms with van der Waals surface area (Å²) in [6.07, 6.45) is 2.32. The van der Waals surface area contributed by atoms with E-state index >= 15 is 0 Å². The van der Waals surface area contributed by atoms with E-state index in [-0.39, 0.29) is 0 Å². The van der Waals surface area contributed by atoms with Crippen LogP contribution >= 0.6 is 0 Å². The minimum atomic E-state index is 0.599. The lowest BCUT2D eigenvalue weighted by Gasteiger charge is -2.01. The van der Waals surface area contributed by atoms with Crippen molar-refractivity contribution in [1.29, 1.82) is 5.41 Å². The van der Waals surface area contributed by atoms with Crippen LogP contribution in [0.4, 0.5) is 0 Å². The highest BCUT2D eigenvalue weighted by molar-refractivity contribution is 5.91. The number of allylic oxidation sites excluding steroid dienone is 2. The van der Waals surface area contributed by atoms with Gasteiger partial charge in [-0.15, -0.1) is 0 Å². The maximum Gasteiger partial charge on any atom is 0.0416 e. The summed E-state index contributed by atoms with van der Waals surface area (Å²) < 4.78 is 0. The van der Waals surface area contributed by atoms with Crippen LogP contribution in [-0.2, 0) is 0 Å². The monoisotopic (exact) mass is 165 g/mol. The third-order valence-electron chi connectivity index (χ3n) is 1.44. The minimum Gasteiger partial charge on any atom is -0.310 e. The second-order valence-corrected chi connectivity index (χ2v) is 2.61. The summed E-state index contributed by atoms with van der Waals surface area (Å²) in [6, 6.07) is 0. The summed E-state index contributed by atoms with van der Waals surface area (Å²) in [6.45, 7) is 7.06. The zero-order valence-electron chi connectivity index (χ0n) is 7.89. The molecular weight excluding hydrogens is 150 g/mol. The Kier molecular flexibility index (Phi) is 4.84. The summed E-state index contributed by atoms with van der Waals surface area (Å²) in [7, 11) is 1.70. The number of hydrogen-bond donors (Lipinski definition) is 1. The van der Waals surface area contributed by atoms with E-state index in [2.05, 4.69) is 16.7 Å². The van der Waals surface area contributed by atoms with E-state index in [1.807, 2.05) is 6.92 Å². The van der Waals surface area contributed by atoms with Gasteiger partial charge in [-0.25, -0.2) is 0 Å². The summed E-state index contributed by atoms with van der Waals surface area (Å²) in [5.41, 5.74) is 2.40. The van der Waals surface area contributed by atoms with Crippen LogP contribution in [-0.4, -0.2) is 25.7 Å². The Labute approximate surface area is 73.4 Å². The van der Waals surface area contributed by atoms with Gasteiger partial charge in [-0.05, 0) is 26.1 Å². The Morgan fingerprint density at radius 2 is 2.08 bits per heavy atom. The van der Waals surface area contributed by atoms with Crippen LogP contribution in [0.25, 0.3) is 0 Å². The molecule has 0 saturated carbocycles. The molecule has 0 rings (SSSR count). The van der Waals surface area contributed by atoms with Crippen LogP contribution in [0.1, 0.15) is 20.3 Å². The molecule has 12 heavy (non-hydrogen) atoms. The first kappa shape index (κ1) is 10.8. The standard InChI is InChI=1S/C9H15N3/c1-7(10)5-9(6-11-3)8(2)12-4/h6,10H,4-5H2,1-3H3/b9-8-,10-7?,11-6?. The van der Waals surface area contributed by atoms with Crippen molar-refractivity contribution in [2.75, 3.05) is 7.05 Å². The quantitative estimate of drug-likeness (QED) is 0.620. The number of aliphatic imine (C=N–C) groups is 2. The second-order valence-electron chi connectivity index (χ2n) is 2.61. The third-order valence-corrected chi connectivity index (χ3v) is 1.44. The van der Waals surface area contributed by atoms with Gasteiger partial charge in [0.1, 0.15) is 0 Å². The molecule has 0 aliphatic heterocycles. The average Bonchev–Trinajstić information content (AvgIpc) is 2.01. The molecule has 0 unspecified atom stereocenters. The van der Waals surface area contributed by atoms with Crippen molar-refractivity contribution in [3.63, 3.8) is 0 Å². The summed E-state index contributed by atoms with van der Waals surface area (Å²) >= 11 is 0. The van der Waals surface area contributed by atoms with Gasteiger partial charge < -0.3 is 5.41 Å². The highest BCUT2D eigenvalue weighted by Crippen LogP contribution is 2.07. The number of hydrogen-bond acceptors (Lipinski definition) is 3. The zero-order chi connectivity index (χ0) is 9.56. The molecule has 0 aliphatic carbocycles. The summed E-state index contributed by atoms with van der Waals surface area (Å²) in [5, 5.41) is 7.31. The third kappa shape index (κ3) is 3.81. The van der Waals surface area contributed by atoms with Crippen LogP contribution < -0.4 is 0 Å². The van der Waals surface area contributed by atoms with Crippen molar-refractivity contribution in [1.82, 2.24) is 0 Å². The van der Waals surface area contributed by atoms with Gasteiger partial charge in [0.05, 0.1) is 0 Å². The molecule has 0 fully saturated rings. The lowest BCUT2D eigenvalue weighted by atomic mass is 10.1. The molecule has 0 aliphatic rings. The molecule has 0 aromatic carbocycles. The number of rotatable bonds is 4. The average molecular weight is 165 g/mol. The Balaban J connectivity index is 4.65. The van der Waals surface area contributed by atoms with Gasteiger partial charge in [0.25, 0.3) is 0 Å². The van der Waals surface area contributed by atoms with Gasteiger partial charge >= 0.3 is 0 Å². The molecule has 0 aromatic rings. The molecule has 0 saturated heterocycles. The molecule has 3 heteroatoms. The fraction of sp³-hybridized carbons (Fsp3) is 0.444. The highest BCUT2D eigenvalue weighted by Gasteiger charge is 1.99. The van der Waals surface area contributed by atoms with Gasteiger partial charge in [-0.1, -0.05) is 0 Å². The van der Waals surface area contributed by atoms with Gasteiger partial charge in [0, 0.05) is 31.1 Å². The molecule has 0 radical (unpaired) electrons.